The van der Waals surface area contributed by atoms with E-state index >= 15 is 0 Å². The van der Waals surface area contributed by atoms with Crippen LogP contribution in [0.2, 0.25) is 0 Å². The molecule has 0 aliphatic heterocycles. The number of pyridine rings is 1. The van der Waals surface area contributed by atoms with E-state index in [4.69, 9.17) is 0 Å². The smallest absolute Gasteiger partial charge is 0.0300 e. The third-order valence-electron chi connectivity index (χ3n) is 3.45. The van der Waals surface area contributed by atoms with Crippen LogP contribution in [0.5, 0.6) is 0 Å². The number of aromatic nitrogens is 1. The fraction of sp³-hybridized carbons (Fsp3) is 0.643. The van der Waals surface area contributed by atoms with Crippen molar-refractivity contribution in [2.75, 3.05) is 12.8 Å². The molecule has 1 saturated carbocycles. The Morgan fingerprint density at radius 1 is 1.47 bits per heavy atom. The van der Waals surface area contributed by atoms with Crippen LogP contribution in [-0.2, 0) is 6.42 Å². The van der Waals surface area contributed by atoms with E-state index < -0.39 is 0 Å². The van der Waals surface area contributed by atoms with E-state index in [0.29, 0.717) is 6.04 Å². The summed E-state index contributed by atoms with van der Waals surface area (Å²) < 4.78 is 0. The van der Waals surface area contributed by atoms with E-state index in [0.717, 1.165) is 11.7 Å². The van der Waals surface area contributed by atoms with Crippen LogP contribution >= 0.6 is 11.8 Å². The van der Waals surface area contributed by atoms with Crippen molar-refractivity contribution in [3.05, 3.63) is 30.1 Å². The van der Waals surface area contributed by atoms with E-state index in [1.54, 1.807) is 0 Å². The van der Waals surface area contributed by atoms with Crippen LogP contribution in [0, 0.1) is 0 Å². The van der Waals surface area contributed by atoms with Gasteiger partial charge >= 0.3 is 0 Å². The number of hydrogen-bond donors (Lipinski definition) is 1. The molecule has 1 aliphatic rings. The predicted molar refractivity (Wildman–Crippen MR) is 75.5 cm³/mol. The molecule has 0 saturated heterocycles. The van der Waals surface area contributed by atoms with Gasteiger partial charge in [0, 0.05) is 29.4 Å². The Kier molecular flexibility index (Phi) is 5.33. The minimum absolute atomic E-state index is 0.574. The number of likely N-dealkylation sites (N-methyl/N-ethyl adjacent to an activating group) is 1. The minimum atomic E-state index is 0.574. The van der Waals surface area contributed by atoms with Gasteiger partial charge in [0.15, 0.2) is 0 Å². The SMILES string of the molecule is CNC(CSC1CCCC1)Cc1cccnc1. The summed E-state index contributed by atoms with van der Waals surface area (Å²) in [5, 5.41) is 4.34. The molecule has 17 heavy (non-hydrogen) atoms. The fourth-order valence-electron chi connectivity index (χ4n) is 2.35. The first-order chi connectivity index (χ1) is 8.38. The van der Waals surface area contributed by atoms with Gasteiger partial charge in [-0.25, -0.2) is 0 Å². The average molecular weight is 250 g/mol. The number of rotatable bonds is 6. The van der Waals surface area contributed by atoms with Crippen LogP contribution in [0.1, 0.15) is 31.2 Å². The summed E-state index contributed by atoms with van der Waals surface area (Å²) in [6, 6.07) is 4.76. The van der Waals surface area contributed by atoms with Crippen molar-refractivity contribution < 1.29 is 0 Å². The summed E-state index contributed by atoms with van der Waals surface area (Å²) in [5.41, 5.74) is 1.33. The molecule has 1 unspecified atom stereocenters. The maximum atomic E-state index is 4.18. The highest BCUT2D eigenvalue weighted by Gasteiger charge is 2.17. The summed E-state index contributed by atoms with van der Waals surface area (Å²) in [6.07, 6.45) is 10.6. The Morgan fingerprint density at radius 2 is 2.29 bits per heavy atom. The van der Waals surface area contributed by atoms with Crippen molar-refractivity contribution in [3.8, 4) is 0 Å². The molecule has 3 heteroatoms. The third-order valence-corrected chi connectivity index (χ3v) is 4.99. The second kappa shape index (κ2) is 7.02. The maximum Gasteiger partial charge on any atom is 0.0300 e. The Bertz CT molecular complexity index is 309. The van der Waals surface area contributed by atoms with E-state index in [9.17, 15) is 0 Å². The highest BCUT2D eigenvalue weighted by Crippen LogP contribution is 2.29. The highest BCUT2D eigenvalue weighted by molar-refractivity contribution is 7.99. The molecule has 1 fully saturated rings. The Labute approximate surface area is 109 Å². The second-order valence-corrected chi connectivity index (χ2v) is 6.12. The molecule has 0 radical (unpaired) electrons. The van der Waals surface area contributed by atoms with Gasteiger partial charge < -0.3 is 5.32 Å². The van der Waals surface area contributed by atoms with Crippen LogP contribution < -0.4 is 5.32 Å². The molecule has 1 aliphatic carbocycles. The Morgan fingerprint density at radius 3 is 2.94 bits per heavy atom. The quantitative estimate of drug-likeness (QED) is 0.840. The predicted octanol–water partition coefficient (Wildman–Crippen LogP) is 2.89. The number of nitrogens with one attached hydrogen (secondary N) is 1. The largest absolute Gasteiger partial charge is 0.316 e. The zero-order valence-corrected chi connectivity index (χ0v) is 11.4. The first-order valence-corrected chi connectivity index (χ1v) is 7.61. The summed E-state index contributed by atoms with van der Waals surface area (Å²) in [7, 11) is 2.07. The molecule has 0 spiro atoms. The third kappa shape index (κ3) is 4.32. The van der Waals surface area contributed by atoms with E-state index in [1.807, 2.05) is 18.5 Å². The molecule has 1 heterocycles. The van der Waals surface area contributed by atoms with E-state index in [1.165, 1.54) is 37.0 Å². The average Bonchev–Trinajstić information content (AvgIpc) is 2.89. The zero-order chi connectivity index (χ0) is 11.9. The fourth-order valence-corrected chi connectivity index (χ4v) is 3.81. The van der Waals surface area contributed by atoms with Gasteiger partial charge in [-0.2, -0.15) is 11.8 Å². The molecule has 1 aromatic rings. The van der Waals surface area contributed by atoms with E-state index in [-0.39, 0.29) is 0 Å². The van der Waals surface area contributed by atoms with Gasteiger partial charge in [-0.1, -0.05) is 18.9 Å². The highest BCUT2D eigenvalue weighted by atomic mass is 32.2. The van der Waals surface area contributed by atoms with Gasteiger partial charge in [-0.3, -0.25) is 4.98 Å². The first-order valence-electron chi connectivity index (χ1n) is 6.56. The molecule has 0 bridgehead atoms. The molecule has 0 aromatic carbocycles. The number of thioether (sulfide) groups is 1. The summed E-state index contributed by atoms with van der Waals surface area (Å²) >= 11 is 2.15. The number of nitrogens with zero attached hydrogens (tertiary/aromatic N) is 1. The maximum absolute atomic E-state index is 4.18. The Hall–Kier alpha value is -0.540. The normalized spacial score (nSPS) is 18.4. The summed E-state index contributed by atoms with van der Waals surface area (Å²) in [4.78, 5) is 4.18. The molecule has 2 rings (SSSR count). The Balaban J connectivity index is 1.76. The molecule has 0 amide bonds. The van der Waals surface area contributed by atoms with Gasteiger partial charge in [0.05, 0.1) is 0 Å². The van der Waals surface area contributed by atoms with Crippen LogP contribution in [0.3, 0.4) is 0 Å². The lowest BCUT2D eigenvalue weighted by Gasteiger charge is -2.18. The molecule has 1 N–H and O–H groups in total. The summed E-state index contributed by atoms with van der Waals surface area (Å²) in [5.74, 6) is 1.22. The molecule has 2 nitrogen and oxygen atoms in total. The standard InChI is InChI=1S/C14H22N2S/c1-15-13(9-12-5-4-8-16-10-12)11-17-14-6-2-3-7-14/h4-5,8,10,13-15H,2-3,6-7,9,11H2,1H3. The molecular formula is C14H22N2S. The first kappa shape index (κ1) is 12.9. The lowest BCUT2D eigenvalue weighted by atomic mass is 10.1. The summed E-state index contributed by atoms with van der Waals surface area (Å²) in [6.45, 7) is 0. The lowest BCUT2D eigenvalue weighted by Crippen LogP contribution is -2.30. The van der Waals surface area contributed by atoms with Crippen molar-refractivity contribution in [2.24, 2.45) is 0 Å². The minimum Gasteiger partial charge on any atom is -0.316 e. The van der Waals surface area contributed by atoms with Gasteiger partial charge in [-0.15, -0.1) is 0 Å². The molecular weight excluding hydrogens is 228 g/mol. The number of hydrogen-bond acceptors (Lipinski definition) is 3. The lowest BCUT2D eigenvalue weighted by molar-refractivity contribution is 0.614. The van der Waals surface area contributed by atoms with Crippen LogP contribution in [0.15, 0.2) is 24.5 Å². The van der Waals surface area contributed by atoms with Gasteiger partial charge in [0.25, 0.3) is 0 Å². The van der Waals surface area contributed by atoms with Gasteiger partial charge in [-0.05, 0) is 37.9 Å². The van der Waals surface area contributed by atoms with Crippen molar-refractivity contribution >= 4 is 11.8 Å². The molecule has 1 atom stereocenters. The van der Waals surface area contributed by atoms with Crippen molar-refractivity contribution in [1.29, 1.82) is 0 Å². The van der Waals surface area contributed by atoms with Crippen LogP contribution in [0.4, 0.5) is 0 Å². The van der Waals surface area contributed by atoms with Crippen molar-refractivity contribution in [2.45, 2.75) is 43.4 Å². The zero-order valence-electron chi connectivity index (χ0n) is 10.6. The van der Waals surface area contributed by atoms with Crippen LogP contribution in [-0.4, -0.2) is 29.1 Å². The van der Waals surface area contributed by atoms with Gasteiger partial charge in [0.2, 0.25) is 0 Å². The van der Waals surface area contributed by atoms with Crippen LogP contribution in [0.25, 0.3) is 0 Å². The van der Waals surface area contributed by atoms with Crippen molar-refractivity contribution in [3.63, 3.8) is 0 Å². The second-order valence-electron chi connectivity index (χ2n) is 4.79. The van der Waals surface area contributed by atoms with Gasteiger partial charge in [0.1, 0.15) is 0 Å². The van der Waals surface area contributed by atoms with E-state index in [2.05, 4.69) is 35.2 Å². The van der Waals surface area contributed by atoms with Crippen molar-refractivity contribution in [1.82, 2.24) is 10.3 Å². The topological polar surface area (TPSA) is 24.9 Å². The molecule has 1 aromatic heterocycles. The monoisotopic (exact) mass is 250 g/mol. The molecule has 94 valence electrons.